The van der Waals surface area contributed by atoms with Crippen LogP contribution in [0.4, 0.5) is 4.79 Å². The Kier molecular flexibility index (Phi) is 10.7. The Labute approximate surface area is 265 Å². The summed E-state index contributed by atoms with van der Waals surface area (Å²) in [6.45, 7) is 11.9. The Morgan fingerprint density at radius 3 is 2.51 bits per heavy atom. The van der Waals surface area contributed by atoms with E-state index in [1.165, 1.54) is 18.2 Å². The van der Waals surface area contributed by atoms with Crippen molar-refractivity contribution in [1.82, 2.24) is 10.3 Å². The average Bonchev–Trinajstić information content (AvgIpc) is 2.96. The number of rotatable bonds is 9. The first-order chi connectivity index (χ1) is 21.3. The van der Waals surface area contributed by atoms with E-state index in [0.29, 0.717) is 41.1 Å². The number of aromatic nitrogens is 1. The van der Waals surface area contributed by atoms with Gasteiger partial charge in [-0.2, -0.15) is 0 Å². The highest BCUT2D eigenvalue weighted by Crippen LogP contribution is 2.49. The number of amides is 1. The Morgan fingerprint density at radius 1 is 1.13 bits per heavy atom. The number of esters is 1. The lowest BCUT2D eigenvalue weighted by molar-refractivity contribution is -0.134. The summed E-state index contributed by atoms with van der Waals surface area (Å²) in [5.41, 5.74) is 0.554. The second-order valence-electron chi connectivity index (χ2n) is 13.4. The number of Topliss-reactive ketones (excluding diaryl/α,β-unsaturated/α-hetero) is 1. The molecule has 5 atom stereocenters. The molecule has 0 unspecified atom stereocenters. The zero-order valence-corrected chi connectivity index (χ0v) is 27.1. The maximum absolute atomic E-state index is 14.0. The normalized spacial score (nSPS) is 23.2. The van der Waals surface area contributed by atoms with Gasteiger partial charge in [0.1, 0.15) is 22.7 Å². The predicted octanol–water partition coefficient (Wildman–Crippen LogP) is 6.96. The summed E-state index contributed by atoms with van der Waals surface area (Å²) in [6.07, 6.45) is 10.7. The third kappa shape index (κ3) is 8.32. The van der Waals surface area contributed by atoms with Crippen molar-refractivity contribution in [2.24, 2.45) is 29.6 Å². The standard InChI is InChI=1S/C36H46N2O7/c1-7-9-26-27-18-21(2)11-16-25(27)22(3)19-28(26)32(40)31-33(41)29(20-38-34(31)42)23-12-14-24(15-13-23)44-30(39)10-8-17-37-35(43)45-36(4,5)6/h7,9,12-15,19-21,25-28H,8,10-11,16-18H2,1-6H3,(H,37,43)(H2,38,41,42)/b9-7+/t21-,25+,26+,27-,28+/m0/s1. The van der Waals surface area contributed by atoms with Crippen LogP contribution in [0.1, 0.15) is 84.0 Å². The number of carbonyl (C=O) groups is 3. The van der Waals surface area contributed by atoms with Gasteiger partial charge in [-0.3, -0.25) is 14.4 Å². The lowest BCUT2D eigenvalue weighted by Gasteiger charge is -2.45. The molecule has 0 radical (unpaired) electrons. The fourth-order valence-corrected chi connectivity index (χ4v) is 6.69. The number of carbonyl (C=O) groups excluding carboxylic acids is 3. The Balaban J connectivity index is 1.46. The third-order valence-corrected chi connectivity index (χ3v) is 8.75. The molecular formula is C36H46N2O7. The van der Waals surface area contributed by atoms with Crippen molar-refractivity contribution in [1.29, 1.82) is 0 Å². The van der Waals surface area contributed by atoms with Gasteiger partial charge in [0.2, 0.25) is 0 Å². The van der Waals surface area contributed by atoms with E-state index < -0.39 is 29.1 Å². The smallest absolute Gasteiger partial charge is 0.407 e. The molecule has 1 heterocycles. The van der Waals surface area contributed by atoms with Gasteiger partial charge < -0.3 is 24.9 Å². The molecule has 2 aliphatic rings. The molecule has 242 valence electrons. The minimum atomic E-state index is -0.627. The van der Waals surface area contributed by atoms with E-state index >= 15 is 0 Å². The third-order valence-electron chi connectivity index (χ3n) is 8.75. The van der Waals surface area contributed by atoms with Crippen molar-refractivity contribution < 1.29 is 29.0 Å². The molecule has 1 saturated carbocycles. The molecule has 1 aromatic carbocycles. The number of aromatic hydroxyl groups is 1. The van der Waals surface area contributed by atoms with E-state index in [4.69, 9.17) is 9.47 Å². The summed E-state index contributed by atoms with van der Waals surface area (Å²) < 4.78 is 10.6. The first-order valence-corrected chi connectivity index (χ1v) is 15.9. The molecule has 45 heavy (non-hydrogen) atoms. The van der Waals surface area contributed by atoms with Crippen LogP contribution in [0.3, 0.4) is 0 Å². The number of pyridine rings is 1. The molecule has 2 aromatic rings. The zero-order chi connectivity index (χ0) is 32.9. The SMILES string of the molecule is C/C=C/[C@@H]1[C@H]2C[C@@H](C)CC[C@@H]2C(C)=C[C@H]1C(=O)c1c(O)c(-c2ccc(OC(=O)CCCNC(=O)OC(C)(C)C)cc2)c[nH]c1=O. The monoisotopic (exact) mass is 618 g/mol. The van der Waals surface area contributed by atoms with Gasteiger partial charge >= 0.3 is 12.1 Å². The Morgan fingerprint density at radius 2 is 1.84 bits per heavy atom. The summed E-state index contributed by atoms with van der Waals surface area (Å²) in [5, 5.41) is 13.9. The number of hydrogen-bond acceptors (Lipinski definition) is 7. The van der Waals surface area contributed by atoms with Gasteiger partial charge in [-0.05, 0) is 95.2 Å². The fraction of sp³-hybridized carbons (Fsp3) is 0.500. The molecule has 1 fully saturated rings. The van der Waals surface area contributed by atoms with Crippen LogP contribution in [0.25, 0.3) is 11.1 Å². The van der Waals surface area contributed by atoms with Crippen molar-refractivity contribution >= 4 is 17.8 Å². The van der Waals surface area contributed by atoms with E-state index in [1.807, 2.05) is 19.1 Å². The van der Waals surface area contributed by atoms with E-state index in [0.717, 1.165) is 12.8 Å². The minimum absolute atomic E-state index is 0.0523. The first kappa shape index (κ1) is 33.7. The van der Waals surface area contributed by atoms with Crippen molar-refractivity contribution in [2.45, 2.75) is 79.2 Å². The van der Waals surface area contributed by atoms with Crippen LogP contribution in [-0.2, 0) is 9.53 Å². The van der Waals surface area contributed by atoms with Crippen LogP contribution >= 0.6 is 0 Å². The molecule has 1 amide bonds. The molecular weight excluding hydrogens is 572 g/mol. The van der Waals surface area contributed by atoms with Gasteiger partial charge in [-0.1, -0.05) is 49.3 Å². The molecule has 0 saturated heterocycles. The highest BCUT2D eigenvalue weighted by atomic mass is 16.6. The topological polar surface area (TPSA) is 135 Å². The number of hydrogen-bond donors (Lipinski definition) is 3. The molecule has 9 heteroatoms. The van der Waals surface area contributed by atoms with Crippen molar-refractivity contribution in [3.63, 3.8) is 0 Å². The van der Waals surface area contributed by atoms with Gasteiger partial charge in [0, 0.05) is 30.6 Å². The first-order valence-electron chi connectivity index (χ1n) is 15.9. The van der Waals surface area contributed by atoms with Gasteiger partial charge in [0.05, 0.1) is 0 Å². The Bertz CT molecular complexity index is 1510. The van der Waals surface area contributed by atoms with Gasteiger partial charge in [0.15, 0.2) is 5.78 Å². The number of benzene rings is 1. The van der Waals surface area contributed by atoms with Crippen LogP contribution in [-0.4, -0.2) is 40.1 Å². The fourth-order valence-electron chi connectivity index (χ4n) is 6.69. The summed E-state index contributed by atoms with van der Waals surface area (Å²) in [4.78, 5) is 53.7. The molecule has 0 aliphatic heterocycles. The average molecular weight is 619 g/mol. The minimum Gasteiger partial charge on any atom is -0.506 e. The van der Waals surface area contributed by atoms with E-state index in [2.05, 4.69) is 30.2 Å². The summed E-state index contributed by atoms with van der Waals surface area (Å²) >= 11 is 0. The van der Waals surface area contributed by atoms with E-state index in [9.17, 15) is 24.3 Å². The quantitative estimate of drug-likeness (QED) is 0.0909. The lowest BCUT2D eigenvalue weighted by atomic mass is 9.59. The maximum Gasteiger partial charge on any atom is 0.407 e. The van der Waals surface area contributed by atoms with E-state index in [-0.39, 0.29) is 36.0 Å². The molecule has 0 bridgehead atoms. The lowest BCUT2D eigenvalue weighted by Crippen LogP contribution is -2.40. The van der Waals surface area contributed by atoms with E-state index in [1.54, 1.807) is 45.0 Å². The van der Waals surface area contributed by atoms with Crippen LogP contribution in [0, 0.1) is 29.6 Å². The molecule has 0 spiro atoms. The number of ether oxygens (including phenoxy) is 2. The van der Waals surface area contributed by atoms with Gasteiger partial charge in [0.25, 0.3) is 5.56 Å². The number of ketones is 1. The van der Waals surface area contributed by atoms with Crippen LogP contribution in [0.2, 0.25) is 0 Å². The van der Waals surface area contributed by atoms with Gasteiger partial charge in [-0.15, -0.1) is 0 Å². The number of nitrogens with one attached hydrogen (secondary N) is 2. The largest absolute Gasteiger partial charge is 0.506 e. The number of allylic oxidation sites excluding steroid dienone is 4. The molecule has 4 rings (SSSR count). The number of fused-ring (bicyclic) bond motifs is 1. The molecule has 9 nitrogen and oxygen atoms in total. The Hall–Kier alpha value is -4.14. The molecule has 2 aliphatic carbocycles. The number of aromatic amines is 1. The highest BCUT2D eigenvalue weighted by Gasteiger charge is 2.43. The molecule has 1 aromatic heterocycles. The number of alkyl carbamates (subject to hydrolysis) is 1. The van der Waals surface area contributed by atoms with Crippen molar-refractivity contribution in [2.75, 3.05) is 6.54 Å². The summed E-state index contributed by atoms with van der Waals surface area (Å²) in [6, 6.07) is 6.46. The van der Waals surface area contributed by atoms with Gasteiger partial charge in [-0.25, -0.2) is 4.79 Å². The maximum atomic E-state index is 14.0. The van der Waals surface area contributed by atoms with Crippen molar-refractivity contribution in [3.8, 4) is 22.6 Å². The van der Waals surface area contributed by atoms with Crippen LogP contribution in [0.15, 0.2) is 59.1 Å². The van der Waals surface area contributed by atoms with Crippen LogP contribution < -0.4 is 15.6 Å². The molecule has 3 N–H and O–H groups in total. The summed E-state index contributed by atoms with van der Waals surface area (Å²) in [5.74, 6) is -0.205. The second-order valence-corrected chi connectivity index (χ2v) is 13.4. The highest BCUT2D eigenvalue weighted by molar-refractivity contribution is 6.03. The predicted molar refractivity (Wildman–Crippen MR) is 173 cm³/mol. The zero-order valence-electron chi connectivity index (χ0n) is 27.1. The van der Waals surface area contributed by atoms with Crippen LogP contribution in [0.5, 0.6) is 11.5 Å². The van der Waals surface area contributed by atoms with Crippen molar-refractivity contribution in [3.05, 3.63) is 70.2 Å². The summed E-state index contributed by atoms with van der Waals surface area (Å²) in [7, 11) is 0. The second kappa shape index (κ2) is 14.3. The number of H-pyrrole nitrogens is 1.